The van der Waals surface area contributed by atoms with Crippen molar-refractivity contribution in [2.45, 2.75) is 25.2 Å². The smallest absolute Gasteiger partial charge is 0.338 e. The number of benzene rings is 2. The summed E-state index contributed by atoms with van der Waals surface area (Å²) in [5, 5.41) is 7.14. The highest BCUT2D eigenvalue weighted by molar-refractivity contribution is 6.34. The van der Waals surface area contributed by atoms with Crippen molar-refractivity contribution in [2.75, 3.05) is 30.3 Å². The summed E-state index contributed by atoms with van der Waals surface area (Å²) >= 11 is 11.8. The third-order valence-electron chi connectivity index (χ3n) is 5.53. The Morgan fingerprint density at radius 2 is 1.31 bits per heavy atom. The largest absolute Gasteiger partial charge is 0.416 e. The molecule has 0 saturated carbocycles. The van der Waals surface area contributed by atoms with Gasteiger partial charge in [-0.2, -0.15) is 26.3 Å². The predicted octanol–water partition coefficient (Wildman–Crippen LogP) is 7.10. The first-order valence-electron chi connectivity index (χ1n) is 10.6. The van der Waals surface area contributed by atoms with E-state index in [1.807, 2.05) is 0 Å². The van der Waals surface area contributed by atoms with Gasteiger partial charge in [0.25, 0.3) is 0 Å². The average molecular weight is 557 g/mol. The first-order chi connectivity index (χ1) is 16.7. The van der Waals surface area contributed by atoms with Crippen LogP contribution >= 0.6 is 23.2 Å². The SMILES string of the molecule is O=C(NCC1CCN(C(=O)Nc2cc(C(F)(F)F)ccc2Cl)CC1)Nc1cc(C(F)(F)F)ccc1Cl. The van der Waals surface area contributed by atoms with Crippen LogP contribution in [0.5, 0.6) is 0 Å². The first kappa shape index (κ1) is 27.7. The number of nitrogens with zero attached hydrogens (tertiary/aromatic N) is 1. The van der Waals surface area contributed by atoms with Crippen LogP contribution in [0.2, 0.25) is 10.0 Å². The highest BCUT2D eigenvalue weighted by Crippen LogP contribution is 2.35. The van der Waals surface area contributed by atoms with Crippen molar-refractivity contribution in [3.8, 4) is 0 Å². The molecule has 3 N–H and O–H groups in total. The third-order valence-corrected chi connectivity index (χ3v) is 6.19. The van der Waals surface area contributed by atoms with E-state index < -0.39 is 35.5 Å². The number of hydrogen-bond acceptors (Lipinski definition) is 2. The molecule has 4 amide bonds. The van der Waals surface area contributed by atoms with Gasteiger partial charge in [0.05, 0.1) is 32.5 Å². The van der Waals surface area contributed by atoms with E-state index in [4.69, 9.17) is 23.2 Å². The van der Waals surface area contributed by atoms with Crippen molar-refractivity contribution in [3.63, 3.8) is 0 Å². The highest BCUT2D eigenvalue weighted by Gasteiger charge is 2.32. The number of likely N-dealkylation sites (tertiary alicyclic amines) is 1. The monoisotopic (exact) mass is 556 g/mol. The summed E-state index contributed by atoms with van der Waals surface area (Å²) < 4.78 is 77.4. The molecule has 1 fully saturated rings. The molecule has 2 aromatic carbocycles. The fraction of sp³-hybridized carbons (Fsp3) is 0.364. The van der Waals surface area contributed by atoms with E-state index in [-0.39, 0.29) is 47.0 Å². The lowest BCUT2D eigenvalue weighted by molar-refractivity contribution is -0.138. The van der Waals surface area contributed by atoms with Crippen molar-refractivity contribution in [1.29, 1.82) is 0 Å². The molecule has 0 aromatic heterocycles. The molecule has 1 heterocycles. The lowest BCUT2D eigenvalue weighted by Crippen LogP contribution is -2.43. The minimum Gasteiger partial charge on any atom is -0.338 e. The third kappa shape index (κ3) is 7.33. The Labute approximate surface area is 211 Å². The molecule has 14 heteroatoms. The summed E-state index contributed by atoms with van der Waals surface area (Å²) in [5.41, 5.74) is -2.26. The highest BCUT2D eigenvalue weighted by atomic mass is 35.5. The van der Waals surface area contributed by atoms with Crippen LogP contribution < -0.4 is 16.0 Å². The topological polar surface area (TPSA) is 73.5 Å². The molecule has 0 bridgehead atoms. The summed E-state index contributed by atoms with van der Waals surface area (Å²) in [6.45, 7) is 0.739. The Bertz CT molecular complexity index is 1120. The van der Waals surface area contributed by atoms with Gasteiger partial charge in [-0.15, -0.1) is 0 Å². The lowest BCUT2D eigenvalue weighted by atomic mass is 9.97. The summed E-state index contributed by atoms with van der Waals surface area (Å²) in [7, 11) is 0. The van der Waals surface area contributed by atoms with Gasteiger partial charge in [0.2, 0.25) is 0 Å². The van der Waals surface area contributed by atoms with Crippen LogP contribution in [0.25, 0.3) is 0 Å². The molecular weight excluding hydrogens is 537 g/mol. The zero-order valence-corrected chi connectivity index (χ0v) is 19.9. The summed E-state index contributed by atoms with van der Waals surface area (Å²) in [5.74, 6) is -0.0334. The normalized spacial score (nSPS) is 14.9. The second-order valence-corrected chi connectivity index (χ2v) is 8.89. The number of rotatable bonds is 4. The zero-order valence-electron chi connectivity index (χ0n) is 18.4. The van der Waals surface area contributed by atoms with Crippen molar-refractivity contribution in [2.24, 2.45) is 5.92 Å². The van der Waals surface area contributed by atoms with Gasteiger partial charge in [0.1, 0.15) is 0 Å². The number of amides is 4. The van der Waals surface area contributed by atoms with Gasteiger partial charge >= 0.3 is 24.4 Å². The molecule has 196 valence electrons. The number of alkyl halides is 6. The van der Waals surface area contributed by atoms with Gasteiger partial charge in [-0.25, -0.2) is 9.59 Å². The van der Waals surface area contributed by atoms with E-state index in [9.17, 15) is 35.9 Å². The van der Waals surface area contributed by atoms with Gasteiger partial charge in [-0.1, -0.05) is 23.2 Å². The number of urea groups is 2. The Morgan fingerprint density at radius 1 is 0.833 bits per heavy atom. The van der Waals surface area contributed by atoms with Gasteiger partial charge in [-0.3, -0.25) is 0 Å². The van der Waals surface area contributed by atoms with Crippen molar-refractivity contribution in [1.82, 2.24) is 10.2 Å². The molecule has 3 rings (SSSR count). The molecule has 0 aliphatic carbocycles. The molecule has 0 spiro atoms. The number of carbonyl (C=O) groups is 2. The minimum absolute atomic E-state index is 0.0334. The maximum Gasteiger partial charge on any atom is 0.416 e. The number of nitrogens with one attached hydrogen (secondary N) is 3. The van der Waals surface area contributed by atoms with Crippen LogP contribution in [0, 0.1) is 5.92 Å². The van der Waals surface area contributed by atoms with E-state index >= 15 is 0 Å². The van der Waals surface area contributed by atoms with Crippen molar-refractivity contribution in [3.05, 3.63) is 57.6 Å². The minimum atomic E-state index is -4.59. The summed E-state index contributed by atoms with van der Waals surface area (Å²) in [6, 6.07) is 3.84. The Balaban J connectivity index is 1.48. The average Bonchev–Trinajstić information content (AvgIpc) is 2.79. The van der Waals surface area contributed by atoms with Gasteiger partial charge in [-0.05, 0) is 55.2 Å². The maximum absolute atomic E-state index is 12.9. The molecule has 1 aliphatic heterocycles. The van der Waals surface area contributed by atoms with Crippen LogP contribution in [0.4, 0.5) is 47.3 Å². The number of piperidine rings is 1. The zero-order chi connectivity index (χ0) is 26.7. The standard InChI is InChI=1S/C22H20Cl2F6N4O2/c23-15-3-1-13(21(25,26)27)9-17(15)32-19(35)31-11-12-5-7-34(8-6-12)20(36)33-18-10-14(22(28,29)30)2-4-16(18)24/h1-4,9-10,12H,5-8,11H2,(H,33,36)(H2,31,32,35). The fourth-order valence-electron chi connectivity index (χ4n) is 3.53. The molecule has 0 radical (unpaired) electrons. The molecule has 6 nitrogen and oxygen atoms in total. The second kappa shape index (κ2) is 11.0. The Morgan fingerprint density at radius 3 is 1.78 bits per heavy atom. The second-order valence-electron chi connectivity index (χ2n) is 8.08. The van der Waals surface area contributed by atoms with E-state index in [0.717, 1.165) is 36.4 Å². The van der Waals surface area contributed by atoms with Crippen LogP contribution in [0.3, 0.4) is 0 Å². The number of halogens is 8. The molecule has 1 saturated heterocycles. The first-order valence-corrected chi connectivity index (χ1v) is 11.3. The van der Waals surface area contributed by atoms with Crippen LogP contribution in [0.15, 0.2) is 36.4 Å². The van der Waals surface area contributed by atoms with Crippen LogP contribution in [-0.4, -0.2) is 36.6 Å². The predicted molar refractivity (Wildman–Crippen MR) is 123 cm³/mol. The van der Waals surface area contributed by atoms with Gasteiger partial charge in [0.15, 0.2) is 0 Å². The number of anilines is 2. The molecule has 36 heavy (non-hydrogen) atoms. The van der Waals surface area contributed by atoms with E-state index in [2.05, 4.69) is 16.0 Å². The van der Waals surface area contributed by atoms with E-state index in [1.54, 1.807) is 0 Å². The summed E-state index contributed by atoms with van der Waals surface area (Å²) in [4.78, 5) is 26.0. The van der Waals surface area contributed by atoms with Crippen molar-refractivity contribution < 1.29 is 35.9 Å². The molecule has 0 unspecified atom stereocenters. The quantitative estimate of drug-likeness (QED) is 0.351. The lowest BCUT2D eigenvalue weighted by Gasteiger charge is -2.32. The molecule has 2 aromatic rings. The van der Waals surface area contributed by atoms with Gasteiger partial charge in [0, 0.05) is 19.6 Å². The van der Waals surface area contributed by atoms with Crippen LogP contribution in [-0.2, 0) is 12.4 Å². The Hall–Kier alpha value is -2.86. The fourth-order valence-corrected chi connectivity index (χ4v) is 3.86. The van der Waals surface area contributed by atoms with Crippen molar-refractivity contribution >= 4 is 46.6 Å². The van der Waals surface area contributed by atoms with E-state index in [1.165, 1.54) is 4.90 Å². The number of carbonyl (C=O) groups excluding carboxylic acids is 2. The van der Waals surface area contributed by atoms with Crippen LogP contribution in [0.1, 0.15) is 24.0 Å². The molecule has 1 aliphatic rings. The number of hydrogen-bond donors (Lipinski definition) is 3. The molecular formula is C22H20Cl2F6N4O2. The Kier molecular flexibility index (Phi) is 8.50. The summed E-state index contributed by atoms with van der Waals surface area (Å²) in [6.07, 6.45) is -8.22. The maximum atomic E-state index is 12.9. The van der Waals surface area contributed by atoms with E-state index in [0.29, 0.717) is 12.8 Å². The molecule has 0 atom stereocenters. The van der Waals surface area contributed by atoms with Gasteiger partial charge < -0.3 is 20.9 Å².